The van der Waals surface area contributed by atoms with Crippen molar-refractivity contribution in [1.82, 2.24) is 9.47 Å². The quantitative estimate of drug-likeness (QED) is 0.789. The third kappa shape index (κ3) is 1.96. The normalized spacial score (nSPS) is 28.7. The molecule has 1 aromatic rings. The van der Waals surface area contributed by atoms with Gasteiger partial charge in [0.25, 0.3) is 11.5 Å². The van der Waals surface area contributed by atoms with E-state index in [4.69, 9.17) is 4.74 Å². The van der Waals surface area contributed by atoms with Crippen LogP contribution in [0.2, 0.25) is 0 Å². The van der Waals surface area contributed by atoms with Crippen LogP contribution in [0, 0.1) is 11.3 Å². The fraction of sp³-hybridized carbons (Fsp3) is 0.571. The highest BCUT2D eigenvalue weighted by atomic mass is 16.5. The van der Waals surface area contributed by atoms with Crippen LogP contribution >= 0.6 is 0 Å². The Balaban J connectivity index is 1.82. The lowest BCUT2D eigenvalue weighted by Gasteiger charge is -2.24. The van der Waals surface area contributed by atoms with Gasteiger partial charge in [-0.25, -0.2) is 0 Å². The summed E-state index contributed by atoms with van der Waals surface area (Å²) < 4.78 is 6.85. The molecule has 0 aliphatic carbocycles. The average Bonchev–Trinajstić information content (AvgIpc) is 2.98. The molecule has 1 N–H and O–H groups in total. The Bertz CT molecular complexity index is 597. The molecule has 2 atom stereocenters. The monoisotopic (exact) mass is 278 g/mol. The van der Waals surface area contributed by atoms with Crippen molar-refractivity contribution < 1.29 is 14.6 Å². The number of ether oxygens (including phenoxy) is 1. The Kier molecular flexibility index (Phi) is 3.14. The van der Waals surface area contributed by atoms with E-state index in [1.54, 1.807) is 24.2 Å². The second-order valence-corrected chi connectivity index (χ2v) is 5.78. The molecule has 0 radical (unpaired) electrons. The molecule has 108 valence electrons. The first-order valence-corrected chi connectivity index (χ1v) is 6.70. The minimum atomic E-state index is -0.324. The number of hydrogen-bond acceptors (Lipinski definition) is 4. The van der Waals surface area contributed by atoms with Gasteiger partial charge >= 0.3 is 0 Å². The van der Waals surface area contributed by atoms with E-state index in [0.29, 0.717) is 31.9 Å². The van der Waals surface area contributed by atoms with E-state index in [0.717, 1.165) is 0 Å². The number of fused-ring (bicyclic) bond motifs is 1. The summed E-state index contributed by atoms with van der Waals surface area (Å²) in [7, 11) is 1.65. The summed E-state index contributed by atoms with van der Waals surface area (Å²) in [5.41, 5.74) is -0.118. The van der Waals surface area contributed by atoms with Crippen LogP contribution in [-0.2, 0) is 11.8 Å². The van der Waals surface area contributed by atoms with Crippen molar-refractivity contribution in [3.8, 4) is 0 Å². The first-order chi connectivity index (χ1) is 9.55. The van der Waals surface area contributed by atoms with Crippen LogP contribution in [0.5, 0.6) is 0 Å². The SMILES string of the molecule is Cn1ccc(C(=O)N2C[C@H]3COC[C@@]3(CO)C2)cc1=O. The van der Waals surface area contributed by atoms with Crippen LogP contribution in [0.3, 0.4) is 0 Å². The van der Waals surface area contributed by atoms with E-state index in [-0.39, 0.29) is 29.4 Å². The largest absolute Gasteiger partial charge is 0.396 e. The van der Waals surface area contributed by atoms with Gasteiger partial charge in [0.05, 0.1) is 19.8 Å². The maximum atomic E-state index is 12.5. The van der Waals surface area contributed by atoms with Crippen molar-refractivity contribution in [2.75, 3.05) is 32.9 Å². The summed E-state index contributed by atoms with van der Waals surface area (Å²) in [6.45, 7) is 2.17. The first-order valence-electron chi connectivity index (χ1n) is 6.70. The summed E-state index contributed by atoms with van der Waals surface area (Å²) >= 11 is 0. The van der Waals surface area contributed by atoms with E-state index in [1.807, 2.05) is 0 Å². The fourth-order valence-corrected chi connectivity index (χ4v) is 3.07. The van der Waals surface area contributed by atoms with Gasteiger partial charge in [0, 0.05) is 49.3 Å². The van der Waals surface area contributed by atoms with E-state index in [1.165, 1.54) is 10.6 Å². The van der Waals surface area contributed by atoms with Crippen LogP contribution in [0.15, 0.2) is 23.1 Å². The van der Waals surface area contributed by atoms with Gasteiger partial charge in [0.15, 0.2) is 0 Å². The van der Waals surface area contributed by atoms with Gasteiger partial charge in [-0.3, -0.25) is 9.59 Å². The molecule has 20 heavy (non-hydrogen) atoms. The van der Waals surface area contributed by atoms with E-state index in [9.17, 15) is 14.7 Å². The number of aliphatic hydroxyl groups is 1. The molecular formula is C14H18N2O4. The lowest BCUT2D eigenvalue weighted by molar-refractivity contribution is 0.0630. The number of hydrogen-bond donors (Lipinski definition) is 1. The predicted octanol–water partition coefficient (Wildman–Crippen LogP) is -0.534. The third-order valence-electron chi connectivity index (χ3n) is 4.47. The number of likely N-dealkylation sites (tertiary alicyclic amines) is 1. The van der Waals surface area contributed by atoms with Gasteiger partial charge in [-0.05, 0) is 6.07 Å². The zero-order chi connectivity index (χ0) is 14.3. The van der Waals surface area contributed by atoms with Gasteiger partial charge in [0.2, 0.25) is 0 Å². The van der Waals surface area contributed by atoms with Gasteiger partial charge in [-0.1, -0.05) is 0 Å². The third-order valence-corrected chi connectivity index (χ3v) is 4.47. The molecule has 3 rings (SSSR count). The van der Waals surface area contributed by atoms with Crippen LogP contribution in [0.4, 0.5) is 0 Å². The maximum absolute atomic E-state index is 12.5. The minimum Gasteiger partial charge on any atom is -0.396 e. The van der Waals surface area contributed by atoms with Crippen molar-refractivity contribution >= 4 is 5.91 Å². The second kappa shape index (κ2) is 4.71. The Morgan fingerprint density at radius 1 is 1.60 bits per heavy atom. The van der Waals surface area contributed by atoms with Crippen LogP contribution in [-0.4, -0.2) is 53.4 Å². The molecule has 2 saturated heterocycles. The highest BCUT2D eigenvalue weighted by Gasteiger charge is 2.51. The molecule has 6 heteroatoms. The molecule has 1 amide bonds. The number of amides is 1. The standard InChI is InChI=1S/C14H18N2O4/c1-15-3-2-10(4-12(15)18)13(19)16-5-11-6-20-9-14(11,7-16)8-17/h2-4,11,17H,5-9H2,1H3/t11-,14-/m0/s1. The zero-order valence-corrected chi connectivity index (χ0v) is 11.4. The smallest absolute Gasteiger partial charge is 0.254 e. The Morgan fingerprint density at radius 3 is 3.05 bits per heavy atom. The number of nitrogens with zero attached hydrogens (tertiary/aromatic N) is 2. The van der Waals surface area contributed by atoms with Crippen molar-refractivity contribution in [2.45, 2.75) is 0 Å². The van der Waals surface area contributed by atoms with Crippen LogP contribution in [0.25, 0.3) is 0 Å². The minimum absolute atomic E-state index is 0.0258. The molecule has 0 spiro atoms. The van der Waals surface area contributed by atoms with E-state index >= 15 is 0 Å². The lowest BCUT2D eigenvalue weighted by Crippen LogP contribution is -2.36. The van der Waals surface area contributed by atoms with Gasteiger partial charge in [-0.2, -0.15) is 0 Å². The molecule has 0 unspecified atom stereocenters. The molecule has 1 aromatic heterocycles. The summed E-state index contributed by atoms with van der Waals surface area (Å²) in [4.78, 5) is 25.8. The van der Waals surface area contributed by atoms with Crippen LogP contribution in [0.1, 0.15) is 10.4 Å². The number of rotatable bonds is 2. The van der Waals surface area contributed by atoms with E-state index in [2.05, 4.69) is 0 Å². The number of carbonyl (C=O) groups is 1. The number of pyridine rings is 1. The predicted molar refractivity (Wildman–Crippen MR) is 71.4 cm³/mol. The number of carbonyl (C=O) groups excluding carboxylic acids is 1. The lowest BCUT2D eigenvalue weighted by atomic mass is 9.82. The highest BCUT2D eigenvalue weighted by Crippen LogP contribution is 2.41. The average molecular weight is 278 g/mol. The zero-order valence-electron chi connectivity index (χ0n) is 11.4. The topological polar surface area (TPSA) is 71.8 Å². The fourth-order valence-electron chi connectivity index (χ4n) is 3.07. The molecule has 6 nitrogen and oxygen atoms in total. The molecule has 0 saturated carbocycles. The Morgan fingerprint density at radius 2 is 2.40 bits per heavy atom. The van der Waals surface area contributed by atoms with Crippen LogP contribution < -0.4 is 5.56 Å². The van der Waals surface area contributed by atoms with Crippen molar-refractivity contribution in [2.24, 2.45) is 18.4 Å². The summed E-state index contributed by atoms with van der Waals surface area (Å²) in [6, 6.07) is 3.01. The molecule has 0 aromatic carbocycles. The van der Waals surface area contributed by atoms with Gasteiger partial charge in [-0.15, -0.1) is 0 Å². The maximum Gasteiger partial charge on any atom is 0.254 e. The van der Waals surface area contributed by atoms with E-state index < -0.39 is 0 Å². The van der Waals surface area contributed by atoms with Crippen molar-refractivity contribution in [1.29, 1.82) is 0 Å². The number of aryl methyl sites for hydroxylation is 1. The van der Waals surface area contributed by atoms with Crippen molar-refractivity contribution in [3.63, 3.8) is 0 Å². The second-order valence-electron chi connectivity index (χ2n) is 5.78. The molecule has 2 aliphatic rings. The number of aliphatic hydroxyl groups excluding tert-OH is 1. The molecule has 2 aliphatic heterocycles. The molecule has 0 bridgehead atoms. The molecule has 2 fully saturated rings. The van der Waals surface area contributed by atoms with Crippen molar-refractivity contribution in [3.05, 3.63) is 34.2 Å². The van der Waals surface area contributed by atoms with Gasteiger partial charge in [0.1, 0.15) is 0 Å². The molecule has 3 heterocycles. The summed E-state index contributed by atoms with van der Waals surface area (Å²) in [5, 5.41) is 9.61. The number of aromatic nitrogens is 1. The first kappa shape index (κ1) is 13.3. The summed E-state index contributed by atoms with van der Waals surface area (Å²) in [6.07, 6.45) is 1.59. The molecular weight excluding hydrogens is 260 g/mol. The van der Waals surface area contributed by atoms with Gasteiger partial charge < -0.3 is 19.3 Å². The Labute approximate surface area is 116 Å². The highest BCUT2D eigenvalue weighted by molar-refractivity contribution is 5.94. The summed E-state index contributed by atoms with van der Waals surface area (Å²) in [5.74, 6) is 0.0351. The Hall–Kier alpha value is -1.66.